The Labute approximate surface area is 145 Å². The number of methoxy groups -OCH3 is 1. The number of nitrogens with one attached hydrogen (secondary N) is 1. The Balaban J connectivity index is 2.25. The van der Waals surface area contributed by atoms with Crippen LogP contribution in [0.5, 0.6) is 0 Å². The summed E-state index contributed by atoms with van der Waals surface area (Å²) in [6.07, 6.45) is 5.30. The lowest BCUT2D eigenvalue weighted by Gasteiger charge is -2.10. The van der Waals surface area contributed by atoms with E-state index in [4.69, 9.17) is 16.0 Å². The van der Waals surface area contributed by atoms with Gasteiger partial charge in [0.25, 0.3) is 5.91 Å². The fourth-order valence-corrected chi connectivity index (χ4v) is 2.13. The molecule has 0 bridgehead atoms. The van der Waals surface area contributed by atoms with Crippen molar-refractivity contribution in [1.29, 1.82) is 0 Å². The van der Waals surface area contributed by atoms with Gasteiger partial charge in [-0.2, -0.15) is 0 Å². The first-order valence-corrected chi connectivity index (χ1v) is 7.33. The van der Waals surface area contributed by atoms with Crippen LogP contribution in [0.4, 0.5) is 5.69 Å². The molecule has 0 aliphatic rings. The SMILES string of the molecule is C#Cc1ccc(C(=O)Nc2cc(COOC)cc(C(=O)OC)c2)cc1. The third-order valence-corrected chi connectivity index (χ3v) is 3.33. The molecular weight excluding hydrogens is 322 g/mol. The van der Waals surface area contributed by atoms with Gasteiger partial charge in [0.1, 0.15) is 6.61 Å². The van der Waals surface area contributed by atoms with E-state index in [1.54, 1.807) is 36.4 Å². The van der Waals surface area contributed by atoms with Crippen LogP contribution >= 0.6 is 0 Å². The molecule has 2 aromatic carbocycles. The van der Waals surface area contributed by atoms with Crippen LogP contribution in [0.3, 0.4) is 0 Å². The van der Waals surface area contributed by atoms with Crippen molar-refractivity contribution in [3.8, 4) is 12.3 Å². The van der Waals surface area contributed by atoms with E-state index in [0.717, 1.165) is 0 Å². The number of hydrogen-bond acceptors (Lipinski definition) is 5. The van der Waals surface area contributed by atoms with Crippen LogP contribution in [-0.2, 0) is 21.1 Å². The Bertz CT molecular complexity index is 806. The number of anilines is 1. The molecule has 0 saturated heterocycles. The number of terminal acetylenes is 1. The fraction of sp³-hybridized carbons (Fsp3) is 0.158. The molecule has 0 spiro atoms. The first-order valence-electron chi connectivity index (χ1n) is 7.33. The van der Waals surface area contributed by atoms with Gasteiger partial charge in [0.15, 0.2) is 0 Å². The van der Waals surface area contributed by atoms with Gasteiger partial charge in [0.2, 0.25) is 0 Å². The molecule has 0 atom stereocenters. The van der Waals surface area contributed by atoms with Crippen LogP contribution in [0.1, 0.15) is 31.8 Å². The summed E-state index contributed by atoms with van der Waals surface area (Å²) in [6.45, 7) is 0.112. The third-order valence-electron chi connectivity index (χ3n) is 3.33. The predicted molar refractivity (Wildman–Crippen MR) is 91.9 cm³/mol. The van der Waals surface area contributed by atoms with Gasteiger partial charge in [-0.15, -0.1) is 6.42 Å². The molecule has 6 nitrogen and oxygen atoms in total. The van der Waals surface area contributed by atoms with Gasteiger partial charge >= 0.3 is 5.97 Å². The minimum atomic E-state index is -0.520. The van der Waals surface area contributed by atoms with E-state index in [2.05, 4.69) is 16.1 Å². The second kappa shape index (κ2) is 8.64. The molecule has 0 aliphatic carbocycles. The van der Waals surface area contributed by atoms with Gasteiger partial charge in [-0.1, -0.05) is 5.92 Å². The van der Waals surface area contributed by atoms with Gasteiger partial charge in [-0.25, -0.2) is 14.6 Å². The second-order valence-corrected chi connectivity index (χ2v) is 5.01. The zero-order valence-electron chi connectivity index (χ0n) is 13.9. The lowest BCUT2D eigenvalue weighted by atomic mass is 10.1. The molecule has 2 rings (SSSR count). The number of amides is 1. The molecule has 0 radical (unpaired) electrons. The summed E-state index contributed by atoms with van der Waals surface area (Å²) in [6, 6.07) is 11.4. The van der Waals surface area contributed by atoms with E-state index in [9.17, 15) is 9.59 Å². The predicted octanol–water partition coefficient (Wildman–Crippen LogP) is 2.78. The van der Waals surface area contributed by atoms with E-state index in [1.165, 1.54) is 20.3 Å². The maximum absolute atomic E-state index is 12.4. The van der Waals surface area contributed by atoms with E-state index < -0.39 is 5.97 Å². The second-order valence-electron chi connectivity index (χ2n) is 5.01. The highest BCUT2D eigenvalue weighted by atomic mass is 17.2. The molecule has 0 saturated carbocycles. The number of esters is 1. The molecular formula is C19H17NO5. The Kier molecular flexibility index (Phi) is 6.29. The monoisotopic (exact) mass is 339 g/mol. The first kappa shape index (κ1) is 18.2. The minimum Gasteiger partial charge on any atom is -0.465 e. The molecule has 2 aromatic rings. The van der Waals surface area contributed by atoms with Crippen molar-refractivity contribution >= 4 is 17.6 Å². The smallest absolute Gasteiger partial charge is 0.337 e. The molecule has 128 valence electrons. The number of hydrogen-bond donors (Lipinski definition) is 1. The van der Waals surface area contributed by atoms with Crippen LogP contribution in [0.2, 0.25) is 0 Å². The highest BCUT2D eigenvalue weighted by molar-refractivity contribution is 6.05. The standard InChI is InChI=1S/C19H17NO5/c1-4-13-5-7-15(8-6-13)18(21)20-17-10-14(12-25-24-3)9-16(11-17)19(22)23-2/h1,5-11H,12H2,2-3H3,(H,20,21). The molecule has 1 N–H and O–H groups in total. The molecule has 25 heavy (non-hydrogen) atoms. The van der Waals surface area contributed by atoms with E-state index in [0.29, 0.717) is 22.4 Å². The molecule has 0 unspecified atom stereocenters. The Morgan fingerprint density at radius 3 is 2.40 bits per heavy atom. The Morgan fingerprint density at radius 1 is 1.08 bits per heavy atom. The summed E-state index contributed by atoms with van der Waals surface area (Å²) >= 11 is 0. The quantitative estimate of drug-likeness (QED) is 0.379. The topological polar surface area (TPSA) is 73.9 Å². The summed E-state index contributed by atoms with van der Waals surface area (Å²) in [5.41, 5.74) is 2.49. The first-order chi connectivity index (χ1) is 12.1. The van der Waals surface area contributed by atoms with Gasteiger partial charge < -0.3 is 10.1 Å². The summed E-state index contributed by atoms with van der Waals surface area (Å²) in [4.78, 5) is 33.6. The van der Waals surface area contributed by atoms with Crippen molar-refractivity contribution in [3.63, 3.8) is 0 Å². The summed E-state index contributed by atoms with van der Waals surface area (Å²) in [5.74, 6) is 1.64. The minimum absolute atomic E-state index is 0.112. The van der Waals surface area contributed by atoms with Crippen molar-refractivity contribution in [3.05, 3.63) is 64.7 Å². The van der Waals surface area contributed by atoms with Crippen molar-refractivity contribution < 1.29 is 24.1 Å². The fourth-order valence-electron chi connectivity index (χ4n) is 2.13. The highest BCUT2D eigenvalue weighted by Crippen LogP contribution is 2.18. The summed E-state index contributed by atoms with van der Waals surface area (Å²) < 4.78 is 4.72. The van der Waals surface area contributed by atoms with E-state index >= 15 is 0 Å². The molecule has 0 aliphatic heterocycles. The molecule has 6 heteroatoms. The molecule has 0 aromatic heterocycles. The number of rotatable bonds is 6. The van der Waals surface area contributed by atoms with Crippen LogP contribution < -0.4 is 5.32 Å². The largest absolute Gasteiger partial charge is 0.465 e. The Hall–Kier alpha value is -3.14. The summed E-state index contributed by atoms with van der Waals surface area (Å²) in [7, 11) is 2.67. The highest BCUT2D eigenvalue weighted by Gasteiger charge is 2.12. The third kappa shape index (κ3) is 4.91. The van der Waals surface area contributed by atoms with E-state index in [-0.39, 0.29) is 18.1 Å². The lowest BCUT2D eigenvalue weighted by Crippen LogP contribution is -2.13. The van der Waals surface area contributed by atoms with Crippen LogP contribution in [0, 0.1) is 12.3 Å². The van der Waals surface area contributed by atoms with Crippen molar-refractivity contribution in [1.82, 2.24) is 0 Å². The maximum Gasteiger partial charge on any atom is 0.337 e. The van der Waals surface area contributed by atoms with Crippen LogP contribution in [0.15, 0.2) is 42.5 Å². The molecule has 1 amide bonds. The normalized spacial score (nSPS) is 9.96. The number of benzene rings is 2. The van der Waals surface area contributed by atoms with Gasteiger partial charge in [0, 0.05) is 16.8 Å². The number of carbonyl (C=O) groups is 2. The van der Waals surface area contributed by atoms with Crippen LogP contribution in [0.25, 0.3) is 0 Å². The number of carbonyl (C=O) groups excluding carboxylic acids is 2. The molecule has 0 heterocycles. The summed E-state index contributed by atoms with van der Waals surface area (Å²) in [5, 5.41) is 2.74. The zero-order chi connectivity index (χ0) is 18.2. The average Bonchev–Trinajstić information content (AvgIpc) is 2.65. The van der Waals surface area contributed by atoms with Gasteiger partial charge in [-0.3, -0.25) is 4.79 Å². The Morgan fingerprint density at radius 2 is 1.80 bits per heavy atom. The van der Waals surface area contributed by atoms with Crippen molar-refractivity contribution in [2.75, 3.05) is 19.5 Å². The van der Waals surface area contributed by atoms with Crippen molar-refractivity contribution in [2.45, 2.75) is 6.61 Å². The van der Waals surface area contributed by atoms with Gasteiger partial charge in [0.05, 0.1) is 19.8 Å². The van der Waals surface area contributed by atoms with E-state index in [1.807, 2.05) is 0 Å². The van der Waals surface area contributed by atoms with Gasteiger partial charge in [-0.05, 0) is 48.0 Å². The average molecular weight is 339 g/mol. The number of ether oxygens (including phenoxy) is 1. The molecule has 0 fully saturated rings. The maximum atomic E-state index is 12.4. The zero-order valence-corrected chi connectivity index (χ0v) is 13.9. The van der Waals surface area contributed by atoms with Crippen LogP contribution in [-0.4, -0.2) is 26.1 Å². The van der Waals surface area contributed by atoms with Crippen molar-refractivity contribution in [2.24, 2.45) is 0 Å². The lowest BCUT2D eigenvalue weighted by molar-refractivity contribution is -0.282.